The van der Waals surface area contributed by atoms with Crippen molar-refractivity contribution in [2.45, 2.75) is 71.1 Å². The van der Waals surface area contributed by atoms with Crippen molar-refractivity contribution in [2.24, 2.45) is 11.3 Å². The Labute approximate surface area is 158 Å². The fourth-order valence-corrected chi connectivity index (χ4v) is 5.25. The molecule has 1 saturated carbocycles. The Bertz CT molecular complexity index is 490. The van der Waals surface area contributed by atoms with Crippen LogP contribution in [0.3, 0.4) is 0 Å². The summed E-state index contributed by atoms with van der Waals surface area (Å²) in [5, 5.41) is 2.86. The van der Waals surface area contributed by atoms with Crippen LogP contribution in [0.1, 0.15) is 71.1 Å². The number of hydrogen-bond acceptors (Lipinski definition) is 3. The van der Waals surface area contributed by atoms with Crippen LogP contribution in [0.25, 0.3) is 0 Å². The van der Waals surface area contributed by atoms with E-state index in [2.05, 4.69) is 15.1 Å². The molecule has 2 aliphatic heterocycles. The predicted molar refractivity (Wildman–Crippen MR) is 104 cm³/mol. The van der Waals surface area contributed by atoms with Crippen molar-refractivity contribution in [3.8, 4) is 0 Å². The van der Waals surface area contributed by atoms with Gasteiger partial charge >= 0.3 is 0 Å². The molecule has 1 atom stereocenters. The second-order valence-electron chi connectivity index (χ2n) is 8.70. The van der Waals surface area contributed by atoms with Crippen LogP contribution in [0.5, 0.6) is 0 Å². The SMILES string of the molecule is CCNC(=O)CCN1CC[C@@]2(CCCN(CCC3CCCCC3)C2=O)C1. The third kappa shape index (κ3) is 4.79. The quantitative estimate of drug-likeness (QED) is 0.757. The van der Waals surface area contributed by atoms with Crippen molar-refractivity contribution < 1.29 is 9.59 Å². The maximum Gasteiger partial charge on any atom is 0.230 e. The van der Waals surface area contributed by atoms with E-state index in [-0.39, 0.29) is 11.3 Å². The number of hydrogen-bond donors (Lipinski definition) is 1. The zero-order chi connectivity index (χ0) is 18.4. The van der Waals surface area contributed by atoms with E-state index >= 15 is 0 Å². The molecule has 0 bridgehead atoms. The van der Waals surface area contributed by atoms with Gasteiger partial charge in [-0.1, -0.05) is 32.1 Å². The first kappa shape index (κ1) is 19.7. The van der Waals surface area contributed by atoms with Crippen molar-refractivity contribution in [3.63, 3.8) is 0 Å². The number of nitrogens with one attached hydrogen (secondary N) is 1. The van der Waals surface area contributed by atoms with Gasteiger partial charge in [-0.15, -0.1) is 0 Å². The molecule has 0 aromatic heterocycles. The van der Waals surface area contributed by atoms with Gasteiger partial charge in [0.15, 0.2) is 0 Å². The summed E-state index contributed by atoms with van der Waals surface area (Å²) in [6, 6.07) is 0. The number of carbonyl (C=O) groups excluding carboxylic acids is 2. The minimum absolute atomic E-state index is 0.123. The molecule has 1 aliphatic carbocycles. The molecule has 2 amide bonds. The van der Waals surface area contributed by atoms with Gasteiger partial charge in [0.05, 0.1) is 5.41 Å². The fraction of sp³-hybridized carbons (Fsp3) is 0.905. The van der Waals surface area contributed by atoms with Crippen molar-refractivity contribution in [1.29, 1.82) is 0 Å². The van der Waals surface area contributed by atoms with Crippen LogP contribution in [0.4, 0.5) is 0 Å². The first-order valence-electron chi connectivity index (χ1n) is 10.9. The van der Waals surface area contributed by atoms with E-state index in [1.165, 1.54) is 38.5 Å². The van der Waals surface area contributed by atoms with Crippen LogP contribution in [-0.2, 0) is 9.59 Å². The van der Waals surface area contributed by atoms with Crippen molar-refractivity contribution >= 4 is 11.8 Å². The zero-order valence-electron chi connectivity index (χ0n) is 16.6. The molecule has 2 heterocycles. The highest BCUT2D eigenvalue weighted by atomic mass is 16.2. The van der Waals surface area contributed by atoms with Gasteiger partial charge in [-0.2, -0.15) is 0 Å². The number of rotatable bonds is 7. The molecule has 3 aliphatic rings. The molecule has 5 heteroatoms. The lowest BCUT2D eigenvalue weighted by molar-refractivity contribution is -0.145. The number of piperidine rings is 1. The summed E-state index contributed by atoms with van der Waals surface area (Å²) in [6.07, 6.45) is 11.8. The van der Waals surface area contributed by atoms with Gasteiger partial charge in [0.1, 0.15) is 0 Å². The molecule has 0 aromatic carbocycles. The molecule has 2 saturated heterocycles. The molecular formula is C21H37N3O2. The van der Waals surface area contributed by atoms with Gasteiger partial charge in [0.25, 0.3) is 0 Å². The zero-order valence-corrected chi connectivity index (χ0v) is 16.6. The molecule has 0 unspecified atom stereocenters. The van der Waals surface area contributed by atoms with Crippen LogP contribution in [0.2, 0.25) is 0 Å². The topological polar surface area (TPSA) is 52.7 Å². The largest absolute Gasteiger partial charge is 0.356 e. The lowest BCUT2D eigenvalue weighted by atomic mass is 9.78. The van der Waals surface area contributed by atoms with E-state index in [9.17, 15) is 9.59 Å². The molecule has 3 fully saturated rings. The summed E-state index contributed by atoms with van der Waals surface area (Å²) < 4.78 is 0. The summed E-state index contributed by atoms with van der Waals surface area (Å²) >= 11 is 0. The van der Waals surface area contributed by atoms with Crippen LogP contribution < -0.4 is 5.32 Å². The average molecular weight is 364 g/mol. The minimum atomic E-state index is -0.161. The number of amides is 2. The molecule has 26 heavy (non-hydrogen) atoms. The Morgan fingerprint density at radius 3 is 2.69 bits per heavy atom. The highest BCUT2D eigenvalue weighted by molar-refractivity contribution is 5.84. The Morgan fingerprint density at radius 1 is 1.12 bits per heavy atom. The Hall–Kier alpha value is -1.10. The van der Waals surface area contributed by atoms with Crippen molar-refractivity contribution in [2.75, 3.05) is 39.3 Å². The molecule has 1 N–H and O–H groups in total. The Kier molecular flexibility index (Phi) is 6.96. The number of carbonyl (C=O) groups is 2. The monoisotopic (exact) mass is 363 g/mol. The Morgan fingerprint density at radius 2 is 1.92 bits per heavy atom. The second-order valence-corrected chi connectivity index (χ2v) is 8.70. The highest BCUT2D eigenvalue weighted by Gasteiger charge is 2.48. The molecule has 5 nitrogen and oxygen atoms in total. The summed E-state index contributed by atoms with van der Waals surface area (Å²) in [5.41, 5.74) is -0.161. The molecule has 3 rings (SSSR count). The van der Waals surface area contributed by atoms with Gasteiger partial charge in [0, 0.05) is 39.1 Å². The van der Waals surface area contributed by atoms with E-state index in [1.54, 1.807) is 0 Å². The molecule has 0 radical (unpaired) electrons. The smallest absolute Gasteiger partial charge is 0.230 e. The van der Waals surface area contributed by atoms with Gasteiger partial charge in [-0.05, 0) is 45.1 Å². The highest BCUT2D eigenvalue weighted by Crippen LogP contribution is 2.40. The van der Waals surface area contributed by atoms with Crippen molar-refractivity contribution in [3.05, 3.63) is 0 Å². The lowest BCUT2D eigenvalue weighted by Gasteiger charge is -2.40. The van der Waals surface area contributed by atoms with Crippen LogP contribution in [-0.4, -0.2) is 60.9 Å². The van der Waals surface area contributed by atoms with Crippen molar-refractivity contribution in [1.82, 2.24) is 15.1 Å². The third-order valence-corrected chi connectivity index (χ3v) is 6.82. The first-order chi connectivity index (χ1) is 12.6. The summed E-state index contributed by atoms with van der Waals surface area (Å²) in [5.74, 6) is 1.36. The fourth-order valence-electron chi connectivity index (χ4n) is 5.25. The van der Waals surface area contributed by atoms with E-state index in [1.807, 2.05) is 6.92 Å². The standard InChI is InChI=1S/C21H37N3O2/c1-2-22-19(25)10-14-23-16-12-21(17-23)11-6-13-24(20(21)26)15-9-18-7-4-3-5-8-18/h18H,2-17H2,1H3,(H,22,25)/t21-/m0/s1. The van der Waals surface area contributed by atoms with Gasteiger partial charge in [-0.25, -0.2) is 0 Å². The van der Waals surface area contributed by atoms with E-state index in [0.29, 0.717) is 18.9 Å². The molecular weight excluding hydrogens is 326 g/mol. The molecule has 148 valence electrons. The van der Waals surface area contributed by atoms with Crippen LogP contribution in [0.15, 0.2) is 0 Å². The number of likely N-dealkylation sites (tertiary alicyclic amines) is 2. The van der Waals surface area contributed by atoms with E-state index < -0.39 is 0 Å². The third-order valence-electron chi connectivity index (χ3n) is 6.82. The van der Waals surface area contributed by atoms with E-state index in [0.717, 1.165) is 57.9 Å². The summed E-state index contributed by atoms with van der Waals surface area (Å²) in [6.45, 7) is 7.15. The van der Waals surface area contributed by atoms with Crippen LogP contribution >= 0.6 is 0 Å². The average Bonchev–Trinajstić information content (AvgIpc) is 3.07. The number of nitrogens with zero attached hydrogens (tertiary/aromatic N) is 2. The molecule has 0 aromatic rings. The normalized spacial score (nSPS) is 28.0. The van der Waals surface area contributed by atoms with E-state index in [4.69, 9.17) is 0 Å². The lowest BCUT2D eigenvalue weighted by Crippen LogP contribution is -2.50. The van der Waals surface area contributed by atoms with Gasteiger partial charge < -0.3 is 15.1 Å². The first-order valence-corrected chi connectivity index (χ1v) is 10.9. The summed E-state index contributed by atoms with van der Waals surface area (Å²) in [7, 11) is 0. The minimum Gasteiger partial charge on any atom is -0.356 e. The van der Waals surface area contributed by atoms with Gasteiger partial charge in [-0.3, -0.25) is 9.59 Å². The maximum atomic E-state index is 13.2. The maximum absolute atomic E-state index is 13.2. The van der Waals surface area contributed by atoms with Gasteiger partial charge in [0.2, 0.25) is 11.8 Å². The summed E-state index contributed by atoms with van der Waals surface area (Å²) in [4.78, 5) is 29.4. The predicted octanol–water partition coefficient (Wildman–Crippen LogP) is 2.80. The van der Waals surface area contributed by atoms with Crippen LogP contribution in [0, 0.1) is 11.3 Å². The second kappa shape index (κ2) is 9.20. The molecule has 1 spiro atoms. The Balaban J connectivity index is 1.48.